The molecule has 0 heterocycles. The van der Waals surface area contributed by atoms with Crippen molar-refractivity contribution in [2.75, 3.05) is 6.61 Å². The summed E-state index contributed by atoms with van der Waals surface area (Å²) >= 11 is 8.89. The minimum atomic E-state index is -0.368. The van der Waals surface area contributed by atoms with Gasteiger partial charge in [-0.05, 0) is 46.6 Å². The van der Waals surface area contributed by atoms with Gasteiger partial charge in [0.2, 0.25) is 0 Å². The number of ether oxygens (including phenoxy) is 1. The van der Waals surface area contributed by atoms with Crippen LogP contribution in [-0.4, -0.2) is 12.6 Å². The van der Waals surface area contributed by atoms with Gasteiger partial charge in [-0.15, -0.1) is 0 Å². The zero-order valence-corrected chi connectivity index (χ0v) is 10.5. The fourth-order valence-corrected chi connectivity index (χ4v) is 1.47. The third-order valence-corrected chi connectivity index (χ3v) is 2.44. The highest BCUT2D eigenvalue weighted by Crippen LogP contribution is 2.16. The van der Waals surface area contributed by atoms with Crippen molar-refractivity contribution in [2.24, 2.45) is 0 Å². The predicted octanol–water partition coefficient (Wildman–Crippen LogP) is 3.64. The molecular weight excluding hydrogens is 279 g/mol. The number of hydrogen-bond donors (Lipinski definition) is 0. The number of rotatable bonds is 3. The van der Waals surface area contributed by atoms with E-state index < -0.39 is 0 Å². The van der Waals surface area contributed by atoms with E-state index in [4.69, 9.17) is 16.3 Å². The average Bonchev–Trinajstić information content (AvgIpc) is 2.22. The van der Waals surface area contributed by atoms with Crippen LogP contribution in [0.4, 0.5) is 0 Å². The Morgan fingerprint density at radius 3 is 2.60 bits per heavy atom. The van der Waals surface area contributed by atoms with Crippen molar-refractivity contribution in [1.29, 1.82) is 0 Å². The van der Waals surface area contributed by atoms with Crippen LogP contribution in [0.15, 0.2) is 28.7 Å². The zero-order valence-electron chi connectivity index (χ0n) is 8.17. The van der Waals surface area contributed by atoms with Gasteiger partial charge < -0.3 is 4.74 Å². The largest absolute Gasteiger partial charge is 0.462 e. The van der Waals surface area contributed by atoms with Crippen LogP contribution in [0.3, 0.4) is 0 Å². The fourth-order valence-electron chi connectivity index (χ4n) is 0.964. The Balaban J connectivity index is 2.78. The lowest BCUT2D eigenvalue weighted by molar-refractivity contribution is -0.137. The summed E-state index contributed by atoms with van der Waals surface area (Å²) in [4.78, 5) is 11.3. The Labute approximate surface area is 102 Å². The highest BCUT2D eigenvalue weighted by Gasteiger charge is 2.05. The van der Waals surface area contributed by atoms with Gasteiger partial charge in [-0.25, -0.2) is 4.79 Å². The van der Waals surface area contributed by atoms with Crippen LogP contribution in [0.1, 0.15) is 12.5 Å². The summed E-state index contributed by atoms with van der Waals surface area (Å²) in [6, 6.07) is 7.17. The predicted molar refractivity (Wildman–Crippen MR) is 65.0 cm³/mol. The van der Waals surface area contributed by atoms with Crippen LogP contribution in [0, 0.1) is 0 Å². The van der Waals surface area contributed by atoms with Crippen molar-refractivity contribution >= 4 is 39.6 Å². The lowest BCUT2D eigenvalue weighted by Crippen LogP contribution is -2.02. The highest BCUT2D eigenvalue weighted by atomic mass is 79.9. The summed E-state index contributed by atoms with van der Waals surface area (Å²) in [6.07, 6.45) is 1.69. The molecule has 0 radical (unpaired) electrons. The lowest BCUT2D eigenvalue weighted by atomic mass is 10.2. The average molecular weight is 290 g/mol. The van der Waals surface area contributed by atoms with Gasteiger partial charge in [-0.1, -0.05) is 23.7 Å². The molecule has 4 heteroatoms. The van der Waals surface area contributed by atoms with E-state index in [1.165, 1.54) is 0 Å². The van der Waals surface area contributed by atoms with Gasteiger partial charge in [0.25, 0.3) is 0 Å². The molecule has 0 aliphatic carbocycles. The van der Waals surface area contributed by atoms with Crippen molar-refractivity contribution in [1.82, 2.24) is 0 Å². The molecule has 0 saturated heterocycles. The van der Waals surface area contributed by atoms with E-state index in [0.717, 1.165) is 5.56 Å². The molecule has 0 spiro atoms. The van der Waals surface area contributed by atoms with Crippen molar-refractivity contribution < 1.29 is 9.53 Å². The zero-order chi connectivity index (χ0) is 11.3. The number of carbonyl (C=O) groups excluding carboxylic acids is 1. The highest BCUT2D eigenvalue weighted by molar-refractivity contribution is 9.12. The summed E-state index contributed by atoms with van der Waals surface area (Å²) < 4.78 is 5.21. The van der Waals surface area contributed by atoms with Gasteiger partial charge in [0.05, 0.1) is 6.61 Å². The number of carbonyl (C=O) groups is 1. The molecule has 0 bridgehead atoms. The normalized spacial score (nSPS) is 11.3. The van der Waals surface area contributed by atoms with Crippen molar-refractivity contribution in [2.45, 2.75) is 6.92 Å². The SMILES string of the molecule is CCOC(=O)/C(Br)=C/c1ccc(Cl)cc1. The molecule has 0 unspecified atom stereocenters. The monoisotopic (exact) mass is 288 g/mol. The van der Waals surface area contributed by atoms with Crippen molar-refractivity contribution in [3.8, 4) is 0 Å². The van der Waals surface area contributed by atoms with Crippen LogP contribution < -0.4 is 0 Å². The molecular formula is C11H10BrClO2. The van der Waals surface area contributed by atoms with E-state index in [1.807, 2.05) is 12.1 Å². The van der Waals surface area contributed by atoms with E-state index in [0.29, 0.717) is 16.1 Å². The van der Waals surface area contributed by atoms with Crippen LogP contribution in [0.5, 0.6) is 0 Å². The molecule has 0 aliphatic heterocycles. The molecule has 0 atom stereocenters. The molecule has 1 rings (SSSR count). The van der Waals surface area contributed by atoms with E-state index in [9.17, 15) is 4.79 Å². The lowest BCUT2D eigenvalue weighted by Gasteiger charge is -2.00. The van der Waals surface area contributed by atoms with E-state index in [1.54, 1.807) is 25.1 Å². The first-order valence-electron chi connectivity index (χ1n) is 4.43. The molecule has 0 N–H and O–H groups in total. The molecule has 0 saturated carbocycles. The van der Waals surface area contributed by atoms with Crippen LogP contribution in [-0.2, 0) is 9.53 Å². The summed E-state index contributed by atoms with van der Waals surface area (Å²) in [7, 11) is 0. The number of halogens is 2. The summed E-state index contributed by atoms with van der Waals surface area (Å²) in [5, 5.41) is 0.666. The van der Waals surface area contributed by atoms with Crippen LogP contribution in [0.25, 0.3) is 6.08 Å². The molecule has 2 nitrogen and oxygen atoms in total. The fraction of sp³-hybridized carbons (Fsp3) is 0.182. The Hall–Kier alpha value is -0.800. The molecule has 0 aromatic heterocycles. The second-order valence-electron chi connectivity index (χ2n) is 2.76. The molecule has 1 aromatic rings. The van der Waals surface area contributed by atoms with Crippen molar-refractivity contribution in [3.63, 3.8) is 0 Å². The minimum Gasteiger partial charge on any atom is -0.462 e. The molecule has 1 aromatic carbocycles. The first-order valence-corrected chi connectivity index (χ1v) is 5.60. The maximum absolute atomic E-state index is 11.3. The molecule has 0 amide bonds. The second kappa shape index (κ2) is 5.93. The third kappa shape index (κ3) is 4.06. The smallest absolute Gasteiger partial charge is 0.345 e. The molecule has 0 aliphatic rings. The third-order valence-electron chi connectivity index (χ3n) is 1.63. The quantitative estimate of drug-likeness (QED) is 0.627. The van der Waals surface area contributed by atoms with Gasteiger partial charge in [-0.2, -0.15) is 0 Å². The Morgan fingerprint density at radius 1 is 1.47 bits per heavy atom. The second-order valence-corrected chi connectivity index (χ2v) is 4.06. The van der Waals surface area contributed by atoms with Gasteiger partial charge >= 0.3 is 5.97 Å². The maximum atomic E-state index is 11.3. The number of esters is 1. The first-order chi connectivity index (χ1) is 7.13. The standard InChI is InChI=1S/C11H10BrClO2/c1-2-15-11(14)10(12)7-8-3-5-9(13)6-4-8/h3-7H,2H2,1H3/b10-7-. The van der Waals surface area contributed by atoms with Gasteiger partial charge in [0.1, 0.15) is 4.48 Å². The van der Waals surface area contributed by atoms with Gasteiger partial charge in [0.15, 0.2) is 0 Å². The Bertz CT molecular complexity index is 371. The molecule has 15 heavy (non-hydrogen) atoms. The summed E-state index contributed by atoms with van der Waals surface area (Å²) in [6.45, 7) is 2.13. The summed E-state index contributed by atoms with van der Waals surface area (Å²) in [5.41, 5.74) is 0.888. The van der Waals surface area contributed by atoms with Gasteiger partial charge in [-0.3, -0.25) is 0 Å². The minimum absolute atomic E-state index is 0.363. The van der Waals surface area contributed by atoms with E-state index in [2.05, 4.69) is 15.9 Å². The number of benzene rings is 1. The topological polar surface area (TPSA) is 26.3 Å². The Kier molecular flexibility index (Phi) is 4.85. The van der Waals surface area contributed by atoms with E-state index >= 15 is 0 Å². The molecule has 0 fully saturated rings. The Morgan fingerprint density at radius 2 is 2.07 bits per heavy atom. The number of hydrogen-bond acceptors (Lipinski definition) is 2. The van der Waals surface area contributed by atoms with Gasteiger partial charge in [0, 0.05) is 5.02 Å². The maximum Gasteiger partial charge on any atom is 0.345 e. The first kappa shape index (κ1) is 12.3. The van der Waals surface area contributed by atoms with Crippen LogP contribution >= 0.6 is 27.5 Å². The van der Waals surface area contributed by atoms with Crippen LogP contribution in [0.2, 0.25) is 5.02 Å². The summed E-state index contributed by atoms with van der Waals surface area (Å²) in [5.74, 6) is -0.368. The molecule has 80 valence electrons. The van der Waals surface area contributed by atoms with Crippen molar-refractivity contribution in [3.05, 3.63) is 39.3 Å². The van der Waals surface area contributed by atoms with E-state index in [-0.39, 0.29) is 5.97 Å².